The molecule has 3 nitrogen and oxygen atoms in total. The molecule has 1 fully saturated rings. The third-order valence-corrected chi connectivity index (χ3v) is 4.41. The van der Waals surface area contributed by atoms with E-state index in [1.807, 2.05) is 18.2 Å². The van der Waals surface area contributed by atoms with Gasteiger partial charge in [-0.25, -0.2) is 0 Å². The van der Waals surface area contributed by atoms with Crippen LogP contribution in [-0.2, 0) is 0 Å². The summed E-state index contributed by atoms with van der Waals surface area (Å²) in [4.78, 5) is 4.69. The molecule has 3 rings (SSSR count). The van der Waals surface area contributed by atoms with E-state index in [1.165, 1.54) is 11.3 Å². The first-order valence-electron chi connectivity index (χ1n) is 7.79. The van der Waals surface area contributed by atoms with Gasteiger partial charge in [-0.1, -0.05) is 42.5 Å². The summed E-state index contributed by atoms with van der Waals surface area (Å²) < 4.78 is 0. The molecule has 0 saturated carbocycles. The fourth-order valence-electron chi connectivity index (χ4n) is 3.12. The van der Waals surface area contributed by atoms with Crippen LogP contribution in [0.25, 0.3) is 0 Å². The first-order valence-corrected chi connectivity index (χ1v) is 7.79. The topological polar surface area (TPSA) is 30.3 Å². The van der Waals surface area contributed by atoms with Crippen molar-refractivity contribution in [3.05, 3.63) is 65.7 Å². The molecule has 0 bridgehead atoms. The van der Waals surface area contributed by atoms with Crippen molar-refractivity contribution in [1.29, 1.82) is 5.26 Å². The molecule has 1 saturated heterocycles. The highest BCUT2D eigenvalue weighted by molar-refractivity contribution is 5.46. The Kier molecular flexibility index (Phi) is 4.41. The van der Waals surface area contributed by atoms with Crippen LogP contribution in [0.1, 0.15) is 17.2 Å². The Morgan fingerprint density at radius 1 is 0.909 bits per heavy atom. The Labute approximate surface area is 132 Å². The second-order valence-corrected chi connectivity index (χ2v) is 5.75. The van der Waals surface area contributed by atoms with Crippen LogP contribution in [-0.4, -0.2) is 31.1 Å². The molecule has 2 aromatic carbocycles. The summed E-state index contributed by atoms with van der Waals surface area (Å²) in [6.07, 6.45) is 0. The van der Waals surface area contributed by atoms with Crippen LogP contribution in [0.5, 0.6) is 0 Å². The van der Waals surface area contributed by atoms with Crippen LogP contribution < -0.4 is 4.90 Å². The van der Waals surface area contributed by atoms with Gasteiger partial charge in [-0.3, -0.25) is 4.90 Å². The fourth-order valence-corrected chi connectivity index (χ4v) is 3.12. The van der Waals surface area contributed by atoms with E-state index in [0.29, 0.717) is 0 Å². The molecule has 1 aliphatic rings. The quantitative estimate of drug-likeness (QED) is 0.868. The molecule has 0 aromatic heterocycles. The molecule has 0 aliphatic carbocycles. The third kappa shape index (κ3) is 2.98. The molecule has 22 heavy (non-hydrogen) atoms. The van der Waals surface area contributed by atoms with Crippen LogP contribution >= 0.6 is 0 Å². The lowest BCUT2D eigenvalue weighted by Crippen LogP contribution is -2.47. The summed E-state index contributed by atoms with van der Waals surface area (Å²) in [6.45, 7) is 5.85. The standard InChI is InChI=1S/C19H21N3/c1-16-7-5-6-10-18(16)19(15-20)22-13-11-21(12-14-22)17-8-3-2-4-9-17/h2-10,19H,11-14H2,1H3. The molecular formula is C19H21N3. The van der Waals surface area contributed by atoms with Crippen molar-refractivity contribution in [1.82, 2.24) is 4.90 Å². The van der Waals surface area contributed by atoms with Crippen molar-refractivity contribution >= 4 is 5.69 Å². The maximum atomic E-state index is 9.63. The average Bonchev–Trinajstić information content (AvgIpc) is 2.59. The maximum Gasteiger partial charge on any atom is 0.124 e. The van der Waals surface area contributed by atoms with Gasteiger partial charge in [-0.05, 0) is 30.2 Å². The third-order valence-electron chi connectivity index (χ3n) is 4.41. The molecular weight excluding hydrogens is 270 g/mol. The lowest BCUT2D eigenvalue weighted by atomic mass is 10.0. The lowest BCUT2D eigenvalue weighted by molar-refractivity contribution is 0.222. The van der Waals surface area contributed by atoms with E-state index >= 15 is 0 Å². The Morgan fingerprint density at radius 2 is 1.55 bits per heavy atom. The Hall–Kier alpha value is -2.31. The second kappa shape index (κ2) is 6.64. The number of piperazine rings is 1. The molecule has 1 heterocycles. The van der Waals surface area contributed by atoms with Gasteiger partial charge in [0.05, 0.1) is 6.07 Å². The van der Waals surface area contributed by atoms with E-state index in [-0.39, 0.29) is 6.04 Å². The number of rotatable bonds is 3. The fraction of sp³-hybridized carbons (Fsp3) is 0.316. The molecule has 0 N–H and O–H groups in total. The highest BCUT2D eigenvalue weighted by Crippen LogP contribution is 2.25. The molecule has 1 aliphatic heterocycles. The van der Waals surface area contributed by atoms with Gasteiger partial charge in [0.15, 0.2) is 0 Å². The van der Waals surface area contributed by atoms with Crippen LogP contribution in [0.3, 0.4) is 0 Å². The predicted molar refractivity (Wildman–Crippen MR) is 89.8 cm³/mol. The average molecular weight is 291 g/mol. The number of nitriles is 1. The zero-order valence-electron chi connectivity index (χ0n) is 12.9. The molecule has 1 unspecified atom stereocenters. The monoisotopic (exact) mass is 291 g/mol. The van der Waals surface area contributed by atoms with E-state index in [9.17, 15) is 5.26 Å². The number of aryl methyl sites for hydroxylation is 1. The highest BCUT2D eigenvalue weighted by Gasteiger charge is 2.25. The Morgan fingerprint density at radius 3 is 2.18 bits per heavy atom. The van der Waals surface area contributed by atoms with Crippen molar-refractivity contribution in [3.8, 4) is 6.07 Å². The number of para-hydroxylation sites is 1. The van der Waals surface area contributed by atoms with Gasteiger partial charge in [0.25, 0.3) is 0 Å². The minimum atomic E-state index is -0.140. The van der Waals surface area contributed by atoms with Crippen molar-refractivity contribution in [2.45, 2.75) is 13.0 Å². The molecule has 0 spiro atoms. The minimum absolute atomic E-state index is 0.140. The van der Waals surface area contributed by atoms with Crippen molar-refractivity contribution < 1.29 is 0 Å². The van der Waals surface area contributed by atoms with Crippen LogP contribution in [0, 0.1) is 18.3 Å². The summed E-state index contributed by atoms with van der Waals surface area (Å²) in [6, 6.07) is 21.1. The predicted octanol–water partition coefficient (Wildman–Crippen LogP) is 3.38. The normalized spacial score (nSPS) is 17.0. The van der Waals surface area contributed by atoms with Crippen LogP contribution in [0.4, 0.5) is 5.69 Å². The summed E-state index contributed by atoms with van der Waals surface area (Å²) in [5, 5.41) is 9.63. The zero-order chi connectivity index (χ0) is 15.4. The van der Waals surface area contributed by atoms with Crippen LogP contribution in [0.2, 0.25) is 0 Å². The number of hydrogen-bond acceptors (Lipinski definition) is 3. The lowest BCUT2D eigenvalue weighted by Gasteiger charge is -2.38. The van der Waals surface area contributed by atoms with Gasteiger partial charge in [-0.15, -0.1) is 0 Å². The summed E-state index contributed by atoms with van der Waals surface area (Å²) in [5.41, 5.74) is 3.60. The van der Waals surface area contributed by atoms with E-state index in [2.05, 4.69) is 59.2 Å². The minimum Gasteiger partial charge on any atom is -0.369 e. The van der Waals surface area contributed by atoms with E-state index < -0.39 is 0 Å². The summed E-state index contributed by atoms with van der Waals surface area (Å²) >= 11 is 0. The Bertz CT molecular complexity index is 652. The van der Waals surface area contributed by atoms with E-state index in [1.54, 1.807) is 0 Å². The van der Waals surface area contributed by atoms with Crippen molar-refractivity contribution in [2.75, 3.05) is 31.1 Å². The largest absolute Gasteiger partial charge is 0.369 e. The maximum absolute atomic E-state index is 9.63. The number of benzene rings is 2. The molecule has 3 heteroatoms. The van der Waals surface area contributed by atoms with Crippen LogP contribution in [0.15, 0.2) is 54.6 Å². The first kappa shape index (κ1) is 14.6. The van der Waals surface area contributed by atoms with Gasteiger partial charge in [0, 0.05) is 31.9 Å². The number of anilines is 1. The van der Waals surface area contributed by atoms with Gasteiger partial charge in [-0.2, -0.15) is 5.26 Å². The summed E-state index contributed by atoms with van der Waals surface area (Å²) in [7, 11) is 0. The van der Waals surface area contributed by atoms with E-state index in [0.717, 1.165) is 31.7 Å². The van der Waals surface area contributed by atoms with Gasteiger partial charge < -0.3 is 4.90 Å². The second-order valence-electron chi connectivity index (χ2n) is 5.75. The van der Waals surface area contributed by atoms with Crippen molar-refractivity contribution in [3.63, 3.8) is 0 Å². The molecule has 2 aromatic rings. The van der Waals surface area contributed by atoms with Gasteiger partial charge >= 0.3 is 0 Å². The summed E-state index contributed by atoms with van der Waals surface area (Å²) in [5.74, 6) is 0. The zero-order valence-corrected chi connectivity index (χ0v) is 12.9. The first-order chi connectivity index (χ1) is 10.8. The highest BCUT2D eigenvalue weighted by atomic mass is 15.3. The molecule has 1 atom stereocenters. The molecule has 0 radical (unpaired) electrons. The Balaban J connectivity index is 1.70. The smallest absolute Gasteiger partial charge is 0.124 e. The van der Waals surface area contributed by atoms with Crippen molar-refractivity contribution in [2.24, 2.45) is 0 Å². The van der Waals surface area contributed by atoms with Gasteiger partial charge in [0.2, 0.25) is 0 Å². The molecule has 112 valence electrons. The number of hydrogen-bond donors (Lipinski definition) is 0. The SMILES string of the molecule is Cc1ccccc1C(C#N)N1CCN(c2ccccc2)CC1. The van der Waals surface area contributed by atoms with E-state index in [4.69, 9.17) is 0 Å². The molecule has 0 amide bonds. The van der Waals surface area contributed by atoms with Gasteiger partial charge in [0.1, 0.15) is 6.04 Å². The number of nitrogens with zero attached hydrogens (tertiary/aromatic N) is 3.